The van der Waals surface area contributed by atoms with Gasteiger partial charge >= 0.3 is 0 Å². The summed E-state index contributed by atoms with van der Waals surface area (Å²) in [6, 6.07) is 2.41. The molecule has 1 fully saturated rings. The van der Waals surface area contributed by atoms with Crippen molar-refractivity contribution in [1.29, 1.82) is 0 Å². The molecule has 1 atom stereocenters. The topological polar surface area (TPSA) is 32.3 Å². The number of carbonyl (C=O) groups is 1. The first kappa shape index (κ1) is 14.4. The maximum absolute atomic E-state index is 12.1. The molecule has 6 heteroatoms. The summed E-state index contributed by atoms with van der Waals surface area (Å²) in [6.45, 7) is 1.72. The van der Waals surface area contributed by atoms with Gasteiger partial charge in [0.2, 0.25) is 5.91 Å². The Morgan fingerprint density at radius 3 is 3.11 bits per heavy atom. The molecule has 1 amide bonds. The molecular weight excluding hydrogens is 332 g/mol. The number of hydrogen-bond acceptors (Lipinski definition) is 4. The zero-order valence-electron chi connectivity index (χ0n) is 10.3. The van der Waals surface area contributed by atoms with Gasteiger partial charge in [0, 0.05) is 52.3 Å². The molecule has 1 aliphatic heterocycles. The molecule has 0 aromatic carbocycles. The lowest BCUT2D eigenvalue weighted by atomic mass is 10.2. The van der Waals surface area contributed by atoms with Crippen LogP contribution in [0.5, 0.6) is 0 Å². The maximum atomic E-state index is 12.1. The lowest BCUT2D eigenvalue weighted by Crippen LogP contribution is -2.41. The molecule has 1 N–H and O–H groups in total. The molecule has 18 heavy (non-hydrogen) atoms. The molecule has 1 aromatic heterocycles. The van der Waals surface area contributed by atoms with Crippen molar-refractivity contribution in [2.45, 2.75) is 19.0 Å². The zero-order chi connectivity index (χ0) is 13.0. The van der Waals surface area contributed by atoms with Crippen LogP contribution in [-0.4, -0.2) is 41.9 Å². The summed E-state index contributed by atoms with van der Waals surface area (Å²) >= 11 is 7.04. The van der Waals surface area contributed by atoms with Crippen molar-refractivity contribution in [2.75, 3.05) is 25.1 Å². The molecule has 0 radical (unpaired) electrons. The molecule has 3 nitrogen and oxygen atoms in total. The first-order valence-corrected chi connectivity index (χ1v) is 8.76. The number of carbonyl (C=O) groups excluding carboxylic acids is 1. The van der Waals surface area contributed by atoms with Gasteiger partial charge in [-0.05, 0) is 22.0 Å². The van der Waals surface area contributed by atoms with Gasteiger partial charge in [-0.3, -0.25) is 4.79 Å². The van der Waals surface area contributed by atoms with Crippen molar-refractivity contribution in [3.63, 3.8) is 0 Å². The van der Waals surface area contributed by atoms with Crippen molar-refractivity contribution in [1.82, 2.24) is 10.2 Å². The highest BCUT2D eigenvalue weighted by Gasteiger charge is 2.19. The normalized spacial score (nSPS) is 19.8. The molecule has 0 saturated carbocycles. The number of rotatable bonds is 4. The van der Waals surface area contributed by atoms with E-state index in [0.717, 1.165) is 22.5 Å². The monoisotopic (exact) mass is 348 g/mol. The largest absolute Gasteiger partial charge is 0.341 e. The predicted octanol–water partition coefficient (Wildman–Crippen LogP) is 2.56. The Morgan fingerprint density at radius 1 is 1.67 bits per heavy atom. The number of amides is 1. The zero-order valence-corrected chi connectivity index (χ0v) is 13.5. The van der Waals surface area contributed by atoms with Crippen LogP contribution in [0, 0.1) is 0 Å². The van der Waals surface area contributed by atoms with Crippen LogP contribution in [0.4, 0.5) is 0 Å². The maximum Gasteiger partial charge on any atom is 0.224 e. The van der Waals surface area contributed by atoms with Gasteiger partial charge < -0.3 is 10.2 Å². The second kappa shape index (κ2) is 6.93. The van der Waals surface area contributed by atoms with Gasteiger partial charge in [0.1, 0.15) is 0 Å². The number of hydrogen-bond donors (Lipinski definition) is 1. The predicted molar refractivity (Wildman–Crippen MR) is 82.2 cm³/mol. The molecule has 0 bridgehead atoms. The highest BCUT2D eigenvalue weighted by atomic mass is 79.9. The highest BCUT2D eigenvalue weighted by molar-refractivity contribution is 9.10. The minimum Gasteiger partial charge on any atom is -0.341 e. The Hall–Kier alpha value is -0.0400. The standard InChI is InChI=1S/C12H17BrN2OS2/c1-15(6-11-4-9(13)7-18-11)12(16)5-10-8-17-3-2-14-10/h4,7,10,14H,2-3,5-6,8H2,1H3. The van der Waals surface area contributed by atoms with Gasteiger partial charge in [-0.25, -0.2) is 0 Å². The van der Waals surface area contributed by atoms with E-state index >= 15 is 0 Å². The Labute approximate surface area is 124 Å². The fourth-order valence-corrected chi connectivity index (χ4v) is 4.33. The molecule has 0 aliphatic carbocycles. The molecule has 2 rings (SSSR count). The van der Waals surface area contributed by atoms with E-state index in [9.17, 15) is 4.79 Å². The SMILES string of the molecule is CN(Cc1cc(Br)cs1)C(=O)CC1CSCCN1. The fraction of sp³-hybridized carbons (Fsp3) is 0.583. The molecule has 1 aromatic rings. The minimum atomic E-state index is 0.222. The summed E-state index contributed by atoms with van der Waals surface area (Å²) in [6.07, 6.45) is 0.607. The second-order valence-corrected chi connectivity index (χ2v) is 7.47. The van der Waals surface area contributed by atoms with Gasteiger partial charge in [0.05, 0.1) is 6.54 Å². The summed E-state index contributed by atoms with van der Waals surface area (Å²) in [5.41, 5.74) is 0. The third-order valence-electron chi connectivity index (χ3n) is 2.86. The Balaban J connectivity index is 1.80. The Kier molecular flexibility index (Phi) is 5.54. The van der Waals surface area contributed by atoms with Crippen LogP contribution < -0.4 is 5.32 Å². The van der Waals surface area contributed by atoms with Crippen LogP contribution in [0.25, 0.3) is 0 Å². The van der Waals surface area contributed by atoms with Crippen LogP contribution in [-0.2, 0) is 11.3 Å². The Bertz CT molecular complexity index is 405. The van der Waals surface area contributed by atoms with Crippen LogP contribution in [0.3, 0.4) is 0 Å². The van der Waals surface area contributed by atoms with E-state index in [4.69, 9.17) is 0 Å². The molecule has 0 spiro atoms. The minimum absolute atomic E-state index is 0.222. The third-order valence-corrected chi connectivity index (χ3v) is 5.67. The van der Waals surface area contributed by atoms with Gasteiger partial charge in [-0.1, -0.05) is 0 Å². The molecule has 1 unspecified atom stereocenters. The summed E-state index contributed by atoms with van der Waals surface area (Å²) < 4.78 is 1.09. The Morgan fingerprint density at radius 2 is 2.50 bits per heavy atom. The summed E-state index contributed by atoms with van der Waals surface area (Å²) in [7, 11) is 1.88. The first-order chi connectivity index (χ1) is 8.65. The van der Waals surface area contributed by atoms with Gasteiger partial charge in [0.15, 0.2) is 0 Å². The van der Waals surface area contributed by atoms with Crippen molar-refractivity contribution >= 4 is 44.9 Å². The molecule has 1 saturated heterocycles. The highest BCUT2D eigenvalue weighted by Crippen LogP contribution is 2.21. The van der Waals surface area contributed by atoms with Crippen LogP contribution in [0.15, 0.2) is 15.9 Å². The summed E-state index contributed by atoms with van der Waals surface area (Å²) in [4.78, 5) is 15.1. The number of thioether (sulfide) groups is 1. The van der Waals surface area contributed by atoms with Gasteiger partial charge in [-0.2, -0.15) is 11.8 Å². The van der Waals surface area contributed by atoms with Crippen LogP contribution >= 0.6 is 39.0 Å². The van der Waals surface area contributed by atoms with Crippen molar-refractivity contribution < 1.29 is 4.79 Å². The summed E-state index contributed by atoms with van der Waals surface area (Å²) in [5, 5.41) is 5.45. The van der Waals surface area contributed by atoms with E-state index in [1.54, 1.807) is 11.3 Å². The van der Waals surface area contributed by atoms with E-state index in [1.165, 1.54) is 4.88 Å². The lowest BCUT2D eigenvalue weighted by Gasteiger charge is -2.25. The smallest absolute Gasteiger partial charge is 0.224 e. The van der Waals surface area contributed by atoms with E-state index in [1.807, 2.05) is 29.1 Å². The lowest BCUT2D eigenvalue weighted by molar-refractivity contribution is -0.130. The van der Waals surface area contributed by atoms with Crippen LogP contribution in [0.2, 0.25) is 0 Å². The van der Waals surface area contributed by atoms with E-state index in [0.29, 0.717) is 19.0 Å². The quantitative estimate of drug-likeness (QED) is 0.907. The number of thiophene rings is 1. The van der Waals surface area contributed by atoms with Crippen LogP contribution in [0.1, 0.15) is 11.3 Å². The van der Waals surface area contributed by atoms with Gasteiger partial charge in [-0.15, -0.1) is 11.3 Å². The van der Waals surface area contributed by atoms with E-state index in [-0.39, 0.29) is 5.91 Å². The van der Waals surface area contributed by atoms with Crippen molar-refractivity contribution in [3.05, 3.63) is 20.8 Å². The third kappa shape index (κ3) is 4.26. The molecule has 100 valence electrons. The average molecular weight is 349 g/mol. The molecule has 1 aliphatic rings. The van der Waals surface area contributed by atoms with Gasteiger partial charge in [0.25, 0.3) is 0 Å². The fourth-order valence-electron chi connectivity index (χ4n) is 1.88. The first-order valence-electron chi connectivity index (χ1n) is 5.93. The number of halogens is 1. The van der Waals surface area contributed by atoms with Crippen molar-refractivity contribution in [3.8, 4) is 0 Å². The second-order valence-electron chi connectivity index (χ2n) is 4.41. The number of nitrogens with one attached hydrogen (secondary N) is 1. The van der Waals surface area contributed by atoms with E-state index in [2.05, 4.69) is 27.3 Å². The number of nitrogens with zero attached hydrogens (tertiary/aromatic N) is 1. The molecular formula is C12H17BrN2OS2. The average Bonchev–Trinajstić information content (AvgIpc) is 2.76. The van der Waals surface area contributed by atoms with Crippen molar-refractivity contribution in [2.24, 2.45) is 0 Å². The van der Waals surface area contributed by atoms with E-state index < -0.39 is 0 Å². The molecule has 2 heterocycles. The summed E-state index contributed by atoms with van der Waals surface area (Å²) in [5.74, 6) is 2.42.